The van der Waals surface area contributed by atoms with E-state index in [1.807, 2.05) is 17.0 Å². The number of methoxy groups -OCH3 is 2. The molecule has 1 fully saturated rings. The molecular formula is C34H33BrN2O7. The lowest BCUT2D eigenvalue weighted by Crippen LogP contribution is -2.29. The largest absolute Gasteiger partial charge is 0.508 e. The lowest BCUT2D eigenvalue weighted by Gasteiger charge is -2.35. The van der Waals surface area contributed by atoms with Gasteiger partial charge in [-0.15, -0.1) is 0 Å². The van der Waals surface area contributed by atoms with Crippen molar-refractivity contribution in [2.45, 2.75) is 32.0 Å². The smallest absolute Gasteiger partial charge is 0.340 e. The summed E-state index contributed by atoms with van der Waals surface area (Å²) < 4.78 is 22.2. The van der Waals surface area contributed by atoms with E-state index in [1.165, 1.54) is 32.6 Å². The Bertz CT molecular complexity index is 1640. The van der Waals surface area contributed by atoms with E-state index >= 15 is 0 Å². The van der Waals surface area contributed by atoms with Crippen molar-refractivity contribution in [3.8, 4) is 17.2 Å². The summed E-state index contributed by atoms with van der Waals surface area (Å²) in [6.07, 6.45) is 5.70. The van der Waals surface area contributed by atoms with Crippen LogP contribution in [0, 0.1) is 0 Å². The number of ether oxygens (including phenoxy) is 4. The molecule has 3 heterocycles. The second kappa shape index (κ2) is 12.8. The number of benzene rings is 3. The van der Waals surface area contributed by atoms with Gasteiger partial charge in [0.1, 0.15) is 5.75 Å². The minimum Gasteiger partial charge on any atom is -0.508 e. The third kappa shape index (κ3) is 6.05. The second-order valence-electron chi connectivity index (χ2n) is 11.0. The molecule has 0 bridgehead atoms. The van der Waals surface area contributed by atoms with E-state index in [9.17, 15) is 14.7 Å². The van der Waals surface area contributed by atoms with Gasteiger partial charge >= 0.3 is 11.9 Å². The van der Waals surface area contributed by atoms with Crippen LogP contribution < -0.4 is 9.47 Å². The van der Waals surface area contributed by atoms with Gasteiger partial charge in [0.25, 0.3) is 0 Å². The van der Waals surface area contributed by atoms with E-state index in [0.717, 1.165) is 40.8 Å². The number of hydrogen-bond donors (Lipinski definition) is 1. The Kier molecular flexibility index (Phi) is 8.63. The van der Waals surface area contributed by atoms with E-state index in [0.29, 0.717) is 23.6 Å². The predicted molar refractivity (Wildman–Crippen MR) is 167 cm³/mol. The van der Waals surface area contributed by atoms with Crippen molar-refractivity contribution in [3.05, 3.63) is 104 Å². The number of esters is 2. The molecule has 0 aliphatic carbocycles. The number of hydrogen-bond acceptors (Lipinski definition) is 9. The average Bonchev–Trinajstić information content (AvgIpc) is 3.71. The monoisotopic (exact) mass is 660 g/mol. The van der Waals surface area contributed by atoms with Crippen LogP contribution in [-0.2, 0) is 32.2 Å². The Morgan fingerprint density at radius 1 is 0.909 bits per heavy atom. The molecule has 10 heteroatoms. The quantitative estimate of drug-likeness (QED) is 0.320. The predicted octanol–water partition coefficient (Wildman–Crippen LogP) is 5.70. The van der Waals surface area contributed by atoms with Gasteiger partial charge in [0.2, 0.25) is 6.79 Å². The molecule has 9 nitrogen and oxygen atoms in total. The SMILES string of the molecule is COC(=O)C1=Cc2ccc(O)cc2C(c2ccc(CN3CCCC3)cc2)N(Cc2cc3c(cc2Br)OCO3)C=C1C(=O)OC. The van der Waals surface area contributed by atoms with Crippen LogP contribution in [0.4, 0.5) is 0 Å². The minimum atomic E-state index is -0.686. The number of nitrogens with zero attached hydrogens (tertiary/aromatic N) is 2. The molecule has 0 saturated carbocycles. The van der Waals surface area contributed by atoms with Gasteiger partial charge < -0.3 is 29.0 Å². The molecule has 1 saturated heterocycles. The lowest BCUT2D eigenvalue weighted by atomic mass is 9.88. The van der Waals surface area contributed by atoms with Gasteiger partial charge in [0, 0.05) is 23.8 Å². The van der Waals surface area contributed by atoms with Crippen LogP contribution in [0.3, 0.4) is 0 Å². The number of carbonyl (C=O) groups excluding carboxylic acids is 2. The molecule has 3 aromatic carbocycles. The molecule has 228 valence electrons. The minimum absolute atomic E-state index is 0.0421. The zero-order chi connectivity index (χ0) is 30.8. The number of halogens is 1. The Morgan fingerprint density at radius 3 is 2.30 bits per heavy atom. The second-order valence-corrected chi connectivity index (χ2v) is 11.8. The maximum Gasteiger partial charge on any atom is 0.340 e. The highest BCUT2D eigenvalue weighted by molar-refractivity contribution is 9.10. The van der Waals surface area contributed by atoms with Crippen molar-refractivity contribution in [1.82, 2.24) is 9.80 Å². The first kappa shape index (κ1) is 29.8. The highest BCUT2D eigenvalue weighted by Crippen LogP contribution is 2.42. The zero-order valence-corrected chi connectivity index (χ0v) is 26.1. The number of phenolic OH excluding ortho intramolecular Hbond substituents is 1. The lowest BCUT2D eigenvalue weighted by molar-refractivity contribution is -0.139. The van der Waals surface area contributed by atoms with Crippen LogP contribution >= 0.6 is 15.9 Å². The molecule has 3 aromatic rings. The average molecular weight is 662 g/mol. The maximum atomic E-state index is 13.2. The van der Waals surface area contributed by atoms with E-state index < -0.39 is 18.0 Å². The Morgan fingerprint density at radius 2 is 1.59 bits per heavy atom. The first-order valence-corrected chi connectivity index (χ1v) is 15.2. The summed E-state index contributed by atoms with van der Waals surface area (Å²) >= 11 is 3.68. The highest BCUT2D eigenvalue weighted by atomic mass is 79.9. The summed E-state index contributed by atoms with van der Waals surface area (Å²) in [5.41, 5.74) is 4.49. The number of likely N-dealkylation sites (tertiary alicyclic amines) is 1. The Balaban J connectivity index is 1.53. The van der Waals surface area contributed by atoms with Crippen molar-refractivity contribution in [1.29, 1.82) is 0 Å². The fourth-order valence-electron chi connectivity index (χ4n) is 5.99. The molecule has 1 N–H and O–H groups in total. The third-order valence-corrected chi connectivity index (χ3v) is 8.93. The maximum absolute atomic E-state index is 13.2. The van der Waals surface area contributed by atoms with Crippen LogP contribution in [0.25, 0.3) is 6.08 Å². The van der Waals surface area contributed by atoms with Crippen LogP contribution in [0.1, 0.15) is 46.7 Å². The van der Waals surface area contributed by atoms with Gasteiger partial charge in [-0.05, 0) is 84.1 Å². The molecule has 44 heavy (non-hydrogen) atoms. The summed E-state index contributed by atoms with van der Waals surface area (Å²) in [4.78, 5) is 30.7. The molecule has 1 unspecified atom stereocenters. The van der Waals surface area contributed by atoms with Crippen molar-refractivity contribution >= 4 is 33.9 Å². The highest BCUT2D eigenvalue weighted by Gasteiger charge is 2.32. The summed E-state index contributed by atoms with van der Waals surface area (Å²) in [7, 11) is 2.54. The van der Waals surface area contributed by atoms with Crippen molar-refractivity contribution in [2.24, 2.45) is 0 Å². The van der Waals surface area contributed by atoms with E-state index in [1.54, 1.807) is 30.5 Å². The molecule has 1 atom stereocenters. The zero-order valence-electron chi connectivity index (χ0n) is 24.5. The Hall–Kier alpha value is -4.28. The standard InChI is InChI=1S/C34H33BrN2O7/c1-41-33(39)27-13-23-9-10-25(38)15-26(23)32(22-7-5-21(6-8-22)17-36-11-3-4-12-36)37(19-28(27)34(40)42-2)18-24-14-30-31(16-29(24)35)44-20-43-30/h5-10,13-16,19,32,38H,3-4,11-12,17-18,20H2,1-2H3. The first-order chi connectivity index (χ1) is 21.3. The fraction of sp³-hybridized carbons (Fsp3) is 0.294. The molecule has 0 spiro atoms. The van der Waals surface area contributed by atoms with Crippen molar-refractivity contribution < 1.29 is 33.6 Å². The molecule has 6 rings (SSSR count). The van der Waals surface area contributed by atoms with Crippen LogP contribution in [0.5, 0.6) is 17.2 Å². The van der Waals surface area contributed by atoms with E-state index in [-0.39, 0.29) is 23.7 Å². The first-order valence-electron chi connectivity index (χ1n) is 14.4. The molecule has 3 aliphatic rings. The van der Waals surface area contributed by atoms with Gasteiger partial charge in [-0.1, -0.05) is 46.3 Å². The molecule has 0 amide bonds. The Labute approximate surface area is 264 Å². The normalized spacial score (nSPS) is 17.7. The van der Waals surface area contributed by atoms with Crippen molar-refractivity contribution in [3.63, 3.8) is 0 Å². The van der Waals surface area contributed by atoms with E-state index in [4.69, 9.17) is 18.9 Å². The van der Waals surface area contributed by atoms with Gasteiger partial charge in [0.05, 0.1) is 31.4 Å². The number of fused-ring (bicyclic) bond motifs is 2. The van der Waals surface area contributed by atoms with Crippen LogP contribution in [-0.4, -0.2) is 60.9 Å². The topological polar surface area (TPSA) is 97.8 Å². The van der Waals surface area contributed by atoms with Crippen molar-refractivity contribution in [2.75, 3.05) is 34.1 Å². The molecule has 3 aliphatic heterocycles. The van der Waals surface area contributed by atoms with Crippen LogP contribution in [0.2, 0.25) is 0 Å². The third-order valence-electron chi connectivity index (χ3n) is 8.19. The number of rotatable bonds is 7. The molecular weight excluding hydrogens is 628 g/mol. The number of phenols is 1. The van der Waals surface area contributed by atoms with E-state index in [2.05, 4.69) is 45.1 Å². The number of carbonyl (C=O) groups is 2. The summed E-state index contributed by atoms with van der Waals surface area (Å²) in [5, 5.41) is 10.7. The van der Waals surface area contributed by atoms with Gasteiger partial charge in [-0.3, -0.25) is 4.90 Å². The molecule has 0 aromatic heterocycles. The van der Waals surface area contributed by atoms with Gasteiger partial charge in [0.15, 0.2) is 11.5 Å². The summed E-state index contributed by atoms with van der Waals surface area (Å²) in [6.45, 7) is 3.51. The van der Waals surface area contributed by atoms with Gasteiger partial charge in [-0.25, -0.2) is 9.59 Å². The van der Waals surface area contributed by atoms with Crippen LogP contribution in [0.15, 0.2) is 76.4 Å². The number of aromatic hydroxyl groups is 1. The molecule has 0 radical (unpaired) electrons. The van der Waals surface area contributed by atoms with Gasteiger partial charge in [-0.2, -0.15) is 0 Å². The summed E-state index contributed by atoms with van der Waals surface area (Å²) in [5.74, 6) is -0.0406. The fourth-order valence-corrected chi connectivity index (χ4v) is 6.44. The summed E-state index contributed by atoms with van der Waals surface area (Å²) in [6, 6.07) is 16.7.